The zero-order valence-electron chi connectivity index (χ0n) is 19.0. The number of hydrogen-bond acceptors (Lipinski definition) is 6. The van der Waals surface area contributed by atoms with Crippen molar-refractivity contribution < 1.29 is 42.6 Å². The highest BCUT2D eigenvalue weighted by atomic mass is 19.4. The number of ether oxygens (including phenoxy) is 1. The topological polar surface area (TPSA) is 139 Å². The fourth-order valence-corrected chi connectivity index (χ4v) is 3.38. The van der Waals surface area contributed by atoms with Crippen molar-refractivity contribution in [2.45, 2.75) is 25.1 Å². The number of anilines is 1. The van der Waals surface area contributed by atoms with Crippen molar-refractivity contribution >= 4 is 23.3 Å². The highest BCUT2D eigenvalue weighted by Crippen LogP contribution is 2.47. The van der Waals surface area contributed by atoms with Crippen molar-refractivity contribution in [2.24, 2.45) is 5.92 Å². The van der Waals surface area contributed by atoms with E-state index in [1.54, 1.807) is 12.1 Å². The maximum Gasteiger partial charge on any atom is 0.490 e. The van der Waals surface area contributed by atoms with Crippen molar-refractivity contribution in [3.05, 3.63) is 94.0 Å². The molecule has 1 fully saturated rings. The van der Waals surface area contributed by atoms with Crippen LogP contribution in [0.2, 0.25) is 0 Å². The van der Waals surface area contributed by atoms with Crippen LogP contribution in [0.15, 0.2) is 72.8 Å². The van der Waals surface area contributed by atoms with Crippen LogP contribution in [0, 0.1) is 16.0 Å². The molecule has 3 aromatic rings. The molecule has 0 heterocycles. The molecule has 0 aliphatic heterocycles. The number of nitro groups is 1. The molecular weight excluding hydrogens is 497 g/mol. The van der Waals surface area contributed by atoms with Gasteiger partial charge in [-0.1, -0.05) is 24.3 Å². The molecule has 2 atom stereocenters. The highest BCUT2D eigenvalue weighted by Gasteiger charge is 2.44. The van der Waals surface area contributed by atoms with Crippen molar-refractivity contribution in [2.75, 3.05) is 5.32 Å². The number of halogens is 3. The molecule has 1 aliphatic rings. The van der Waals surface area contributed by atoms with E-state index >= 15 is 0 Å². The minimum absolute atomic E-state index is 0.0199. The summed E-state index contributed by atoms with van der Waals surface area (Å²) in [4.78, 5) is 30.2. The monoisotopic (exact) mass is 518 g/mol. The lowest BCUT2D eigenvalue weighted by Gasteiger charge is -2.10. The second kappa shape index (κ2) is 11.4. The van der Waals surface area contributed by atoms with E-state index in [2.05, 4.69) is 5.32 Å². The average Bonchev–Trinajstić information content (AvgIpc) is 3.65. The first-order chi connectivity index (χ1) is 17.4. The van der Waals surface area contributed by atoms with E-state index in [1.165, 1.54) is 12.1 Å². The van der Waals surface area contributed by atoms with Gasteiger partial charge >= 0.3 is 18.1 Å². The molecule has 0 bridgehead atoms. The number of benzene rings is 3. The van der Waals surface area contributed by atoms with E-state index in [9.17, 15) is 28.1 Å². The van der Waals surface area contributed by atoms with Gasteiger partial charge in [0.05, 0.1) is 10.8 Å². The van der Waals surface area contributed by atoms with Gasteiger partial charge < -0.3 is 20.3 Å². The normalized spacial score (nSPS) is 16.1. The van der Waals surface area contributed by atoms with Gasteiger partial charge in [0, 0.05) is 24.4 Å². The van der Waals surface area contributed by atoms with Gasteiger partial charge in [-0.2, -0.15) is 13.2 Å². The zero-order valence-corrected chi connectivity index (χ0v) is 19.0. The average molecular weight is 518 g/mol. The summed E-state index contributed by atoms with van der Waals surface area (Å²) >= 11 is 0. The number of nitrogens with one attached hydrogen (secondary N) is 1. The van der Waals surface area contributed by atoms with Crippen molar-refractivity contribution in [1.29, 1.82) is 0 Å². The molecule has 37 heavy (non-hydrogen) atoms. The lowest BCUT2D eigenvalue weighted by Crippen LogP contribution is -2.21. The number of carboxylic acids is 2. The molecule has 0 unspecified atom stereocenters. The Kier molecular flexibility index (Phi) is 8.33. The Bertz CT molecular complexity index is 1260. The summed E-state index contributed by atoms with van der Waals surface area (Å²) in [5.41, 5.74) is 3.05. The van der Waals surface area contributed by atoms with Gasteiger partial charge in [0.25, 0.3) is 5.69 Å². The third kappa shape index (κ3) is 7.95. The van der Waals surface area contributed by atoms with Gasteiger partial charge in [-0.25, -0.2) is 4.79 Å². The van der Waals surface area contributed by atoms with Crippen LogP contribution in [0.3, 0.4) is 0 Å². The summed E-state index contributed by atoms with van der Waals surface area (Å²) in [5.74, 6) is -2.43. The number of hydrogen-bond donors (Lipinski definition) is 3. The Morgan fingerprint density at radius 1 is 1.00 bits per heavy atom. The molecule has 9 nitrogen and oxygen atoms in total. The van der Waals surface area contributed by atoms with Crippen LogP contribution >= 0.6 is 0 Å². The van der Waals surface area contributed by atoms with Gasteiger partial charge in [0.2, 0.25) is 0 Å². The van der Waals surface area contributed by atoms with Crippen LogP contribution in [0.5, 0.6) is 11.5 Å². The molecule has 3 aromatic carbocycles. The Labute approximate surface area is 208 Å². The number of alkyl halides is 3. The molecule has 0 saturated heterocycles. The van der Waals surface area contributed by atoms with Crippen LogP contribution in [0.1, 0.15) is 23.5 Å². The maximum absolute atomic E-state index is 11.0. The van der Waals surface area contributed by atoms with E-state index in [-0.39, 0.29) is 17.5 Å². The van der Waals surface area contributed by atoms with Gasteiger partial charge in [-0.3, -0.25) is 14.9 Å². The molecule has 194 valence electrons. The van der Waals surface area contributed by atoms with Gasteiger partial charge in [-0.15, -0.1) is 0 Å². The van der Waals surface area contributed by atoms with E-state index in [1.807, 2.05) is 48.5 Å². The standard InChI is InChI=1S/C23H20N2O5.C2HF3O2/c26-23(27)22-13-21(22)16-4-6-17(7-5-16)24-14-15-2-1-3-20(12-15)30-19-10-8-18(9-11-19)25(28)29;3-2(4,5)1(6)7/h1-12,21-22,24H,13-14H2,(H,26,27);(H,6,7)/t21-,22+;/m1./s1. The molecule has 0 spiro atoms. The van der Waals surface area contributed by atoms with E-state index in [4.69, 9.17) is 19.7 Å². The molecular formula is C25H21F3N2O7. The van der Waals surface area contributed by atoms with Crippen LogP contribution in [0.25, 0.3) is 0 Å². The first-order valence-corrected chi connectivity index (χ1v) is 10.8. The molecule has 1 aliphatic carbocycles. The van der Waals surface area contributed by atoms with E-state index in [0.717, 1.165) is 16.8 Å². The van der Waals surface area contributed by atoms with Gasteiger partial charge in [0.15, 0.2) is 0 Å². The van der Waals surface area contributed by atoms with Crippen molar-refractivity contribution in [3.8, 4) is 11.5 Å². The number of carboxylic acid groups (broad SMARTS) is 2. The first-order valence-electron chi connectivity index (χ1n) is 10.8. The van der Waals surface area contributed by atoms with Crippen LogP contribution in [-0.2, 0) is 16.1 Å². The molecule has 0 amide bonds. The Hall–Kier alpha value is -4.61. The first kappa shape index (κ1) is 27.0. The fourth-order valence-electron chi connectivity index (χ4n) is 3.38. The van der Waals surface area contributed by atoms with E-state index in [0.29, 0.717) is 24.5 Å². The molecule has 4 rings (SSSR count). The van der Waals surface area contributed by atoms with Crippen LogP contribution in [0.4, 0.5) is 24.5 Å². The number of aliphatic carboxylic acids is 2. The second-order valence-corrected chi connectivity index (χ2v) is 8.07. The van der Waals surface area contributed by atoms with Crippen LogP contribution in [-0.4, -0.2) is 33.3 Å². The number of non-ortho nitro benzene ring substituents is 1. The van der Waals surface area contributed by atoms with Crippen molar-refractivity contribution in [1.82, 2.24) is 0 Å². The second-order valence-electron chi connectivity index (χ2n) is 8.07. The van der Waals surface area contributed by atoms with Crippen LogP contribution < -0.4 is 10.1 Å². The minimum Gasteiger partial charge on any atom is -0.481 e. The molecule has 0 radical (unpaired) electrons. The van der Waals surface area contributed by atoms with Gasteiger partial charge in [0.1, 0.15) is 11.5 Å². The molecule has 3 N–H and O–H groups in total. The quantitative estimate of drug-likeness (QED) is 0.250. The SMILES string of the molecule is O=C(O)C(F)(F)F.O=C(O)[C@H]1C[C@@H]1c1ccc(NCc2cccc(Oc3ccc([N+](=O)[O-])cc3)c2)cc1. The Morgan fingerprint density at radius 2 is 1.62 bits per heavy atom. The number of nitrogens with zero attached hydrogens (tertiary/aromatic N) is 1. The third-order valence-electron chi connectivity index (χ3n) is 5.37. The largest absolute Gasteiger partial charge is 0.490 e. The zero-order chi connectivity index (χ0) is 27.2. The highest BCUT2D eigenvalue weighted by molar-refractivity contribution is 5.75. The van der Waals surface area contributed by atoms with Crippen molar-refractivity contribution in [3.63, 3.8) is 0 Å². The number of carbonyl (C=O) groups is 2. The fraction of sp³-hybridized carbons (Fsp3) is 0.200. The summed E-state index contributed by atoms with van der Waals surface area (Å²) in [7, 11) is 0. The smallest absolute Gasteiger partial charge is 0.481 e. The Balaban J connectivity index is 0.000000479. The predicted octanol–water partition coefficient (Wildman–Crippen LogP) is 5.82. The van der Waals surface area contributed by atoms with E-state index < -0.39 is 23.0 Å². The molecule has 12 heteroatoms. The minimum atomic E-state index is -5.08. The summed E-state index contributed by atoms with van der Waals surface area (Å²) in [6.07, 6.45) is -4.37. The maximum atomic E-state index is 11.0. The third-order valence-corrected chi connectivity index (χ3v) is 5.37. The summed E-state index contributed by atoms with van der Waals surface area (Å²) < 4.78 is 37.5. The predicted molar refractivity (Wildman–Crippen MR) is 126 cm³/mol. The number of rotatable bonds is 8. The number of nitro benzene ring substituents is 1. The summed E-state index contributed by atoms with van der Waals surface area (Å²) in [6.45, 7) is 0.595. The summed E-state index contributed by atoms with van der Waals surface area (Å²) in [6, 6.07) is 21.4. The molecule has 1 saturated carbocycles. The molecule has 0 aromatic heterocycles. The lowest BCUT2D eigenvalue weighted by molar-refractivity contribution is -0.384. The van der Waals surface area contributed by atoms with Gasteiger partial charge in [-0.05, 0) is 59.9 Å². The summed E-state index contributed by atoms with van der Waals surface area (Å²) in [5, 5.41) is 30.3. The lowest BCUT2D eigenvalue weighted by atomic mass is 10.1. The Morgan fingerprint density at radius 3 is 2.14 bits per heavy atom.